The largest absolute Gasteiger partial charge is 0.350 e. The fourth-order valence-electron chi connectivity index (χ4n) is 4.72. The number of nitrogens with one attached hydrogen (secondary N) is 1. The summed E-state index contributed by atoms with van der Waals surface area (Å²) < 4.78 is 29.1. The predicted molar refractivity (Wildman–Crippen MR) is 176 cm³/mol. The number of carbonyl (C=O) groups excluding carboxylic acids is 2. The fourth-order valence-corrected chi connectivity index (χ4v) is 6.65. The second-order valence-corrected chi connectivity index (χ2v) is 14.1. The number of hydrogen-bond donors (Lipinski definition) is 1. The first-order valence-electron chi connectivity index (χ1n) is 14.1. The van der Waals surface area contributed by atoms with Crippen LogP contribution in [0.1, 0.15) is 31.9 Å². The van der Waals surface area contributed by atoms with Crippen LogP contribution in [0.3, 0.4) is 0 Å². The molecule has 0 bridgehead atoms. The number of amides is 2. The Balaban J connectivity index is 1.82. The first kappa shape index (κ1) is 33.1. The number of benzene rings is 4. The van der Waals surface area contributed by atoms with Gasteiger partial charge in [0, 0.05) is 28.5 Å². The van der Waals surface area contributed by atoms with Crippen molar-refractivity contribution in [1.29, 1.82) is 0 Å². The normalized spacial score (nSPS) is 12.3. The minimum atomic E-state index is -4.25. The van der Waals surface area contributed by atoms with Crippen molar-refractivity contribution in [2.45, 2.75) is 50.2 Å². The van der Waals surface area contributed by atoms with E-state index in [2.05, 4.69) is 5.32 Å². The molecule has 7 nitrogen and oxygen atoms in total. The van der Waals surface area contributed by atoms with Crippen molar-refractivity contribution in [2.75, 3.05) is 10.8 Å². The Kier molecular flexibility index (Phi) is 10.7. The van der Waals surface area contributed by atoms with Crippen LogP contribution in [-0.4, -0.2) is 43.3 Å². The third-order valence-electron chi connectivity index (χ3n) is 6.71. The lowest BCUT2D eigenvalue weighted by Crippen LogP contribution is -2.56. The van der Waals surface area contributed by atoms with Crippen molar-refractivity contribution in [3.05, 3.63) is 130 Å². The third-order valence-corrected chi connectivity index (χ3v) is 8.93. The van der Waals surface area contributed by atoms with E-state index in [1.807, 2.05) is 81.4 Å². The SMILES string of the molecule is CC(C)(C)NC(=O)[C@H](Cc1ccccc1)N(Cc1ccccc1)C(=O)CN(c1cc(Cl)cc(Cl)c1)S(=O)(=O)c1ccccc1. The summed E-state index contributed by atoms with van der Waals surface area (Å²) in [6, 6.07) is 29.9. The molecule has 4 aromatic carbocycles. The van der Waals surface area contributed by atoms with Gasteiger partial charge in [-0.25, -0.2) is 8.42 Å². The maximum atomic E-state index is 14.5. The minimum absolute atomic E-state index is 0.00943. The number of rotatable bonds is 11. The molecule has 4 aromatic rings. The first-order valence-corrected chi connectivity index (χ1v) is 16.3. The second kappa shape index (κ2) is 14.3. The molecule has 1 atom stereocenters. The van der Waals surface area contributed by atoms with E-state index in [1.165, 1.54) is 35.2 Å². The van der Waals surface area contributed by atoms with E-state index < -0.39 is 34.1 Å². The molecule has 2 amide bonds. The Morgan fingerprint density at radius 3 is 1.80 bits per heavy atom. The van der Waals surface area contributed by atoms with E-state index in [9.17, 15) is 18.0 Å². The Hall–Kier alpha value is -3.85. The van der Waals surface area contributed by atoms with E-state index in [4.69, 9.17) is 23.2 Å². The number of nitrogens with zero attached hydrogens (tertiary/aromatic N) is 2. The third kappa shape index (κ3) is 8.85. The summed E-state index contributed by atoms with van der Waals surface area (Å²) >= 11 is 12.6. The zero-order chi connectivity index (χ0) is 31.9. The number of halogens is 2. The van der Waals surface area contributed by atoms with Gasteiger partial charge in [0.1, 0.15) is 12.6 Å². The fraction of sp³-hybridized carbons (Fsp3) is 0.235. The van der Waals surface area contributed by atoms with Crippen LogP contribution >= 0.6 is 23.2 Å². The van der Waals surface area contributed by atoms with E-state index in [0.29, 0.717) is 0 Å². The van der Waals surface area contributed by atoms with E-state index in [1.54, 1.807) is 18.2 Å². The Morgan fingerprint density at radius 1 is 0.773 bits per heavy atom. The molecule has 10 heteroatoms. The summed E-state index contributed by atoms with van der Waals surface area (Å²) in [7, 11) is -4.25. The van der Waals surface area contributed by atoms with Gasteiger partial charge >= 0.3 is 0 Å². The summed E-state index contributed by atoms with van der Waals surface area (Å²) in [5, 5.41) is 3.44. The molecule has 4 rings (SSSR count). The number of anilines is 1. The van der Waals surface area contributed by atoms with Gasteiger partial charge in [0.05, 0.1) is 10.6 Å². The molecular weight excluding hydrogens is 617 g/mol. The zero-order valence-electron chi connectivity index (χ0n) is 24.8. The van der Waals surface area contributed by atoms with Crippen molar-refractivity contribution in [2.24, 2.45) is 0 Å². The van der Waals surface area contributed by atoms with Gasteiger partial charge in [-0.15, -0.1) is 0 Å². The summed E-state index contributed by atoms with van der Waals surface area (Å²) in [5.41, 5.74) is 1.18. The highest BCUT2D eigenvalue weighted by molar-refractivity contribution is 7.92. The van der Waals surface area contributed by atoms with Crippen molar-refractivity contribution >= 4 is 50.7 Å². The summed E-state index contributed by atoms with van der Waals surface area (Å²) in [6.45, 7) is 5.07. The summed E-state index contributed by atoms with van der Waals surface area (Å²) in [4.78, 5) is 29.8. The van der Waals surface area contributed by atoms with Crippen LogP contribution in [0.15, 0.2) is 114 Å². The first-order chi connectivity index (χ1) is 20.8. The lowest BCUT2D eigenvalue weighted by molar-refractivity contribution is -0.140. The maximum absolute atomic E-state index is 14.5. The van der Waals surface area contributed by atoms with Crippen LogP contribution in [0.25, 0.3) is 0 Å². The highest BCUT2D eigenvalue weighted by atomic mass is 35.5. The van der Waals surface area contributed by atoms with Gasteiger partial charge in [-0.05, 0) is 62.2 Å². The highest BCUT2D eigenvalue weighted by Crippen LogP contribution is 2.30. The summed E-state index contributed by atoms with van der Waals surface area (Å²) in [6.07, 6.45) is 0.218. The Bertz CT molecular complexity index is 1660. The second-order valence-electron chi connectivity index (χ2n) is 11.4. The van der Waals surface area contributed by atoms with Crippen LogP contribution in [0.2, 0.25) is 10.0 Å². The van der Waals surface area contributed by atoms with Gasteiger partial charge in [-0.1, -0.05) is 102 Å². The quantitative estimate of drug-likeness (QED) is 0.194. The van der Waals surface area contributed by atoms with Crippen molar-refractivity contribution in [3.63, 3.8) is 0 Å². The average molecular weight is 653 g/mol. The van der Waals surface area contributed by atoms with Gasteiger partial charge in [0.25, 0.3) is 10.0 Å². The monoisotopic (exact) mass is 651 g/mol. The lowest BCUT2D eigenvalue weighted by Gasteiger charge is -2.35. The van der Waals surface area contributed by atoms with Gasteiger partial charge < -0.3 is 10.2 Å². The topological polar surface area (TPSA) is 86.8 Å². The van der Waals surface area contributed by atoms with Gasteiger partial charge in [0.2, 0.25) is 11.8 Å². The lowest BCUT2D eigenvalue weighted by atomic mass is 10.0. The average Bonchev–Trinajstić information content (AvgIpc) is 2.97. The van der Waals surface area contributed by atoms with Crippen molar-refractivity contribution in [3.8, 4) is 0 Å². The number of hydrogen-bond acceptors (Lipinski definition) is 4. The van der Waals surface area contributed by atoms with Gasteiger partial charge in [-0.2, -0.15) is 0 Å². The predicted octanol–water partition coefficient (Wildman–Crippen LogP) is 6.74. The molecule has 0 unspecified atom stereocenters. The number of sulfonamides is 1. The minimum Gasteiger partial charge on any atom is -0.350 e. The molecule has 1 N–H and O–H groups in total. The molecule has 0 saturated carbocycles. The molecule has 0 fully saturated rings. The van der Waals surface area contributed by atoms with Crippen LogP contribution in [0.5, 0.6) is 0 Å². The molecule has 0 spiro atoms. The van der Waals surface area contributed by atoms with Crippen molar-refractivity contribution < 1.29 is 18.0 Å². The van der Waals surface area contributed by atoms with Crippen LogP contribution in [0.4, 0.5) is 5.69 Å². The van der Waals surface area contributed by atoms with E-state index in [0.717, 1.165) is 15.4 Å². The smallest absolute Gasteiger partial charge is 0.264 e. The molecule has 0 aliphatic carbocycles. The highest BCUT2D eigenvalue weighted by Gasteiger charge is 2.35. The standard InChI is InChI=1S/C34H35Cl2N3O4S/c1-34(2,3)37-33(41)31(19-25-13-7-4-8-14-25)38(23-26-15-9-5-10-16-26)32(40)24-39(29-21-27(35)20-28(36)22-29)44(42,43)30-17-11-6-12-18-30/h4-18,20-22,31H,19,23-24H2,1-3H3,(H,37,41)/t31-/m0/s1. The van der Waals surface area contributed by atoms with Gasteiger partial charge in [0.15, 0.2) is 0 Å². The molecule has 230 valence electrons. The van der Waals surface area contributed by atoms with Crippen LogP contribution in [0, 0.1) is 0 Å². The zero-order valence-corrected chi connectivity index (χ0v) is 27.1. The summed E-state index contributed by atoms with van der Waals surface area (Å²) in [5.74, 6) is -0.927. The molecule has 44 heavy (non-hydrogen) atoms. The molecule has 0 radical (unpaired) electrons. The Labute approximate surface area is 269 Å². The van der Waals surface area contributed by atoms with Gasteiger partial charge in [-0.3, -0.25) is 13.9 Å². The molecule has 0 heterocycles. The molecule has 0 aliphatic rings. The van der Waals surface area contributed by atoms with Crippen LogP contribution in [-0.2, 0) is 32.6 Å². The van der Waals surface area contributed by atoms with E-state index in [-0.39, 0.29) is 39.5 Å². The maximum Gasteiger partial charge on any atom is 0.264 e. The van der Waals surface area contributed by atoms with Crippen LogP contribution < -0.4 is 9.62 Å². The Morgan fingerprint density at radius 2 is 1.27 bits per heavy atom. The molecule has 0 aromatic heterocycles. The molecule has 0 aliphatic heterocycles. The van der Waals surface area contributed by atoms with Crippen molar-refractivity contribution in [1.82, 2.24) is 10.2 Å². The molecule has 0 saturated heterocycles. The molecular formula is C34H35Cl2N3O4S. The van der Waals surface area contributed by atoms with E-state index >= 15 is 0 Å². The number of carbonyl (C=O) groups is 2.